The maximum Gasteiger partial charge on any atom is 0.328 e. The van der Waals surface area contributed by atoms with Crippen molar-refractivity contribution in [2.45, 2.75) is 32.2 Å². The number of amides is 4. The second-order valence-electron chi connectivity index (χ2n) is 8.39. The summed E-state index contributed by atoms with van der Waals surface area (Å²) in [5.74, 6) is 0.258. The Morgan fingerprint density at radius 1 is 1.10 bits per heavy atom. The number of benzene rings is 1. The van der Waals surface area contributed by atoms with Gasteiger partial charge in [0, 0.05) is 64.3 Å². The standard InChI is InChI=1S/C22H31N5O4/c1-16-2-3-18(14-19(16)27-11-6-20(28)24-22(27)30)31-15-21(29)26-9-4-17(5-10-26)25-12-7-23-8-13-25/h2-3,14,17,23H,4-13,15H2,1H3,(H,24,28,30). The number of carbonyl (C=O) groups is 3. The predicted molar refractivity (Wildman–Crippen MR) is 116 cm³/mol. The van der Waals surface area contributed by atoms with Crippen LogP contribution < -0.4 is 20.3 Å². The molecule has 0 atom stereocenters. The lowest BCUT2D eigenvalue weighted by atomic mass is 10.0. The molecular weight excluding hydrogens is 398 g/mol. The number of piperidine rings is 1. The quantitative estimate of drug-likeness (QED) is 0.716. The number of hydrogen-bond acceptors (Lipinski definition) is 6. The van der Waals surface area contributed by atoms with Gasteiger partial charge >= 0.3 is 6.03 Å². The molecular formula is C22H31N5O4. The van der Waals surface area contributed by atoms with Gasteiger partial charge in [-0.15, -0.1) is 0 Å². The number of ether oxygens (including phenoxy) is 1. The zero-order valence-corrected chi connectivity index (χ0v) is 18.1. The molecule has 3 heterocycles. The molecule has 3 saturated heterocycles. The van der Waals surface area contributed by atoms with Crippen LogP contribution in [-0.4, -0.2) is 86.1 Å². The van der Waals surface area contributed by atoms with Gasteiger partial charge in [-0.2, -0.15) is 0 Å². The van der Waals surface area contributed by atoms with Crippen LogP contribution in [0.25, 0.3) is 0 Å². The van der Waals surface area contributed by atoms with Gasteiger partial charge in [-0.25, -0.2) is 4.79 Å². The number of anilines is 1. The minimum atomic E-state index is -0.431. The van der Waals surface area contributed by atoms with Gasteiger partial charge in [0.2, 0.25) is 5.91 Å². The molecule has 1 aromatic carbocycles. The van der Waals surface area contributed by atoms with Crippen molar-refractivity contribution >= 4 is 23.5 Å². The van der Waals surface area contributed by atoms with Crippen LogP contribution in [-0.2, 0) is 9.59 Å². The van der Waals surface area contributed by atoms with Crippen molar-refractivity contribution in [1.82, 2.24) is 20.4 Å². The van der Waals surface area contributed by atoms with Crippen LogP contribution in [0.4, 0.5) is 10.5 Å². The number of imide groups is 1. The zero-order valence-electron chi connectivity index (χ0n) is 18.1. The SMILES string of the molecule is Cc1ccc(OCC(=O)N2CCC(N3CCNCC3)CC2)cc1N1CCC(=O)NC1=O. The van der Waals surface area contributed by atoms with E-state index in [1.165, 1.54) is 4.90 Å². The third kappa shape index (κ3) is 5.16. The average molecular weight is 430 g/mol. The van der Waals surface area contributed by atoms with Crippen molar-refractivity contribution in [3.8, 4) is 5.75 Å². The lowest BCUT2D eigenvalue weighted by Crippen LogP contribution is -2.53. The topological polar surface area (TPSA) is 94.2 Å². The number of hydrogen-bond donors (Lipinski definition) is 2. The summed E-state index contributed by atoms with van der Waals surface area (Å²) in [6.45, 7) is 7.98. The van der Waals surface area contributed by atoms with Crippen molar-refractivity contribution in [2.24, 2.45) is 0 Å². The molecule has 1 aromatic rings. The summed E-state index contributed by atoms with van der Waals surface area (Å²) >= 11 is 0. The van der Waals surface area contributed by atoms with E-state index in [0.29, 0.717) is 24.0 Å². The molecule has 2 N–H and O–H groups in total. The summed E-state index contributed by atoms with van der Waals surface area (Å²) in [5.41, 5.74) is 1.59. The minimum Gasteiger partial charge on any atom is -0.484 e. The fourth-order valence-electron chi connectivity index (χ4n) is 4.53. The summed E-state index contributed by atoms with van der Waals surface area (Å²) in [5, 5.41) is 5.72. The van der Waals surface area contributed by atoms with Crippen molar-refractivity contribution in [2.75, 3.05) is 57.3 Å². The molecule has 3 aliphatic heterocycles. The molecule has 0 saturated carbocycles. The molecule has 0 radical (unpaired) electrons. The van der Waals surface area contributed by atoms with E-state index in [4.69, 9.17) is 4.74 Å². The highest BCUT2D eigenvalue weighted by atomic mass is 16.5. The van der Waals surface area contributed by atoms with Gasteiger partial charge in [-0.05, 0) is 31.4 Å². The second kappa shape index (κ2) is 9.65. The van der Waals surface area contributed by atoms with Gasteiger partial charge < -0.3 is 15.0 Å². The summed E-state index contributed by atoms with van der Waals surface area (Å²) in [7, 11) is 0. The van der Waals surface area contributed by atoms with Gasteiger partial charge in [0.1, 0.15) is 5.75 Å². The Balaban J connectivity index is 1.29. The molecule has 0 aromatic heterocycles. The van der Waals surface area contributed by atoms with Crippen LogP contribution in [0.1, 0.15) is 24.8 Å². The van der Waals surface area contributed by atoms with E-state index in [0.717, 1.165) is 57.7 Å². The Hall–Kier alpha value is -2.65. The first kappa shape index (κ1) is 21.6. The molecule has 3 aliphatic rings. The van der Waals surface area contributed by atoms with Crippen LogP contribution in [0.5, 0.6) is 5.75 Å². The number of rotatable bonds is 5. The molecule has 3 fully saturated rings. The molecule has 4 amide bonds. The highest BCUT2D eigenvalue weighted by molar-refractivity contribution is 6.06. The maximum absolute atomic E-state index is 12.7. The lowest BCUT2D eigenvalue weighted by Gasteiger charge is -2.40. The van der Waals surface area contributed by atoms with Gasteiger partial charge in [0.05, 0.1) is 5.69 Å². The van der Waals surface area contributed by atoms with Crippen molar-refractivity contribution in [3.05, 3.63) is 23.8 Å². The lowest BCUT2D eigenvalue weighted by molar-refractivity contribution is -0.135. The third-order valence-electron chi connectivity index (χ3n) is 6.37. The fraction of sp³-hybridized carbons (Fsp3) is 0.591. The van der Waals surface area contributed by atoms with E-state index in [9.17, 15) is 14.4 Å². The Morgan fingerprint density at radius 2 is 1.84 bits per heavy atom. The first-order valence-corrected chi connectivity index (χ1v) is 11.1. The second-order valence-corrected chi connectivity index (χ2v) is 8.39. The fourth-order valence-corrected chi connectivity index (χ4v) is 4.53. The number of likely N-dealkylation sites (tertiary alicyclic amines) is 1. The summed E-state index contributed by atoms with van der Waals surface area (Å²) in [6, 6.07) is 5.55. The van der Waals surface area contributed by atoms with Gasteiger partial charge in [-0.1, -0.05) is 6.07 Å². The Kier molecular flexibility index (Phi) is 6.72. The molecule has 9 heteroatoms. The molecule has 4 rings (SSSR count). The first-order valence-electron chi connectivity index (χ1n) is 11.1. The minimum absolute atomic E-state index is 0.0119. The van der Waals surface area contributed by atoms with E-state index in [-0.39, 0.29) is 24.8 Å². The molecule has 9 nitrogen and oxygen atoms in total. The normalized spacial score (nSPS) is 21.2. The van der Waals surface area contributed by atoms with E-state index in [1.54, 1.807) is 12.1 Å². The van der Waals surface area contributed by atoms with Crippen molar-refractivity contribution in [3.63, 3.8) is 0 Å². The molecule has 0 unspecified atom stereocenters. The smallest absolute Gasteiger partial charge is 0.328 e. The highest BCUT2D eigenvalue weighted by Gasteiger charge is 2.28. The van der Waals surface area contributed by atoms with E-state index in [1.807, 2.05) is 17.9 Å². The molecule has 0 spiro atoms. The van der Waals surface area contributed by atoms with Crippen LogP contribution in [0.15, 0.2) is 18.2 Å². The molecule has 31 heavy (non-hydrogen) atoms. The van der Waals surface area contributed by atoms with E-state index in [2.05, 4.69) is 15.5 Å². The first-order chi connectivity index (χ1) is 15.0. The average Bonchev–Trinajstić information content (AvgIpc) is 2.79. The Morgan fingerprint density at radius 3 is 2.55 bits per heavy atom. The van der Waals surface area contributed by atoms with Gasteiger partial charge in [0.15, 0.2) is 6.61 Å². The number of nitrogens with zero attached hydrogens (tertiary/aromatic N) is 3. The van der Waals surface area contributed by atoms with E-state index >= 15 is 0 Å². The molecule has 168 valence electrons. The highest BCUT2D eigenvalue weighted by Crippen LogP contribution is 2.27. The summed E-state index contributed by atoms with van der Waals surface area (Å²) in [4.78, 5) is 42.2. The number of aryl methyl sites for hydroxylation is 1. The van der Waals surface area contributed by atoms with Gasteiger partial charge in [0.25, 0.3) is 5.91 Å². The maximum atomic E-state index is 12.7. The third-order valence-corrected chi connectivity index (χ3v) is 6.37. The van der Waals surface area contributed by atoms with Crippen LogP contribution in [0, 0.1) is 6.92 Å². The Labute approximate surface area is 182 Å². The van der Waals surface area contributed by atoms with Crippen LogP contribution >= 0.6 is 0 Å². The molecule has 0 bridgehead atoms. The number of urea groups is 1. The van der Waals surface area contributed by atoms with Gasteiger partial charge in [-0.3, -0.25) is 24.7 Å². The van der Waals surface area contributed by atoms with E-state index < -0.39 is 6.03 Å². The summed E-state index contributed by atoms with van der Waals surface area (Å²) in [6.07, 6.45) is 2.27. The van der Waals surface area contributed by atoms with Crippen LogP contribution in [0.2, 0.25) is 0 Å². The number of piperazine rings is 1. The number of nitrogens with one attached hydrogen (secondary N) is 2. The largest absolute Gasteiger partial charge is 0.484 e. The molecule has 0 aliphatic carbocycles. The Bertz CT molecular complexity index is 831. The monoisotopic (exact) mass is 429 g/mol. The zero-order chi connectivity index (χ0) is 21.8. The number of carbonyl (C=O) groups excluding carboxylic acids is 3. The van der Waals surface area contributed by atoms with Crippen LogP contribution in [0.3, 0.4) is 0 Å². The predicted octanol–water partition coefficient (Wildman–Crippen LogP) is 0.716. The van der Waals surface area contributed by atoms with Crippen molar-refractivity contribution in [1.29, 1.82) is 0 Å². The summed E-state index contributed by atoms with van der Waals surface area (Å²) < 4.78 is 5.77. The van der Waals surface area contributed by atoms with Crippen molar-refractivity contribution < 1.29 is 19.1 Å².